The van der Waals surface area contributed by atoms with Crippen LogP contribution in [0.15, 0.2) is 24.6 Å². The van der Waals surface area contributed by atoms with Gasteiger partial charge < -0.3 is 0 Å². The van der Waals surface area contributed by atoms with Crippen LogP contribution in [0.25, 0.3) is 0 Å². The van der Waals surface area contributed by atoms with Gasteiger partial charge in [0.05, 0.1) is 6.33 Å². The predicted molar refractivity (Wildman–Crippen MR) is 25.1 cm³/mol. The molecule has 0 bridgehead atoms. The van der Waals surface area contributed by atoms with E-state index in [9.17, 15) is 4.39 Å². The van der Waals surface area contributed by atoms with Crippen LogP contribution in [0.5, 0.6) is 0 Å². The molecular weight excluding hydrogens is 79.1 g/mol. The molecule has 0 saturated carbocycles. The summed E-state index contributed by atoms with van der Waals surface area (Å²) in [5, 5.41) is 0. The number of hydrogen-bond donors (Lipinski definition) is 0. The van der Waals surface area contributed by atoms with E-state index in [1.807, 2.05) is 0 Å². The topological polar surface area (TPSA) is 0 Å². The Morgan fingerprint density at radius 1 is 1.83 bits per heavy atom. The third-order valence-electron chi connectivity index (χ3n) is 0.494. The molecule has 0 saturated heterocycles. The fourth-order valence-electron chi connectivity index (χ4n) is 0.0445. The molecule has 0 N–H and O–H groups in total. The summed E-state index contributed by atoms with van der Waals surface area (Å²) in [5.41, 5.74) is 0.565. The Morgan fingerprint density at radius 3 is 2.33 bits per heavy atom. The molecule has 0 aromatic carbocycles. The summed E-state index contributed by atoms with van der Waals surface area (Å²) >= 11 is 0. The summed E-state index contributed by atoms with van der Waals surface area (Å²) in [7, 11) is 0. The van der Waals surface area contributed by atoms with Crippen molar-refractivity contribution in [1.29, 1.82) is 0 Å². The van der Waals surface area contributed by atoms with Crippen LogP contribution in [-0.2, 0) is 0 Å². The Hall–Kier alpha value is -0.590. The molecule has 0 aliphatic rings. The van der Waals surface area contributed by atoms with Gasteiger partial charge in [0.2, 0.25) is 0 Å². The van der Waals surface area contributed by atoms with Crippen LogP contribution >= 0.6 is 0 Å². The second-order valence-corrected chi connectivity index (χ2v) is 1.06. The highest BCUT2D eigenvalue weighted by Gasteiger charge is 1.70. The van der Waals surface area contributed by atoms with Gasteiger partial charge in [-0.05, 0) is 12.5 Å². The first-order valence-electron chi connectivity index (χ1n) is 1.70. The highest BCUT2D eigenvalue weighted by molar-refractivity contribution is 5.08. The maximum Gasteiger partial charge on any atom is 0.0895 e. The Balaban J connectivity index is 3.50. The van der Waals surface area contributed by atoms with Gasteiger partial charge in [-0.3, -0.25) is 0 Å². The van der Waals surface area contributed by atoms with E-state index in [1.165, 1.54) is 6.08 Å². The maximum absolute atomic E-state index is 11.2. The lowest BCUT2D eigenvalue weighted by Crippen LogP contribution is -1.55. The average molecular weight is 86.1 g/mol. The molecule has 0 amide bonds. The first-order valence-corrected chi connectivity index (χ1v) is 1.70. The third kappa shape index (κ3) is 1.70. The van der Waals surface area contributed by atoms with Crippen LogP contribution in [0.3, 0.4) is 0 Å². The molecule has 0 aromatic rings. The van der Waals surface area contributed by atoms with E-state index in [4.69, 9.17) is 0 Å². The van der Waals surface area contributed by atoms with Crippen molar-refractivity contribution in [3.8, 4) is 0 Å². The SMILES string of the molecule is C=C/C(C)=C\F. The standard InChI is InChI=1S/C5H7F/c1-3-5(2)4-6/h3-4H,1H2,2H3/b5-4-. The van der Waals surface area contributed by atoms with Gasteiger partial charge in [0, 0.05) is 0 Å². The Morgan fingerprint density at radius 2 is 2.33 bits per heavy atom. The minimum atomic E-state index is 0.521. The van der Waals surface area contributed by atoms with E-state index < -0.39 is 0 Å². The van der Waals surface area contributed by atoms with Crippen molar-refractivity contribution in [2.45, 2.75) is 6.92 Å². The fourth-order valence-corrected chi connectivity index (χ4v) is 0.0445. The van der Waals surface area contributed by atoms with Crippen LogP contribution in [0.1, 0.15) is 6.92 Å². The van der Waals surface area contributed by atoms with E-state index >= 15 is 0 Å². The van der Waals surface area contributed by atoms with Gasteiger partial charge >= 0.3 is 0 Å². The molecule has 0 radical (unpaired) electrons. The lowest BCUT2D eigenvalue weighted by molar-refractivity contribution is 0.713. The molecule has 0 heterocycles. The summed E-state index contributed by atoms with van der Waals surface area (Å²) in [4.78, 5) is 0. The van der Waals surface area contributed by atoms with Gasteiger partial charge in [-0.15, -0.1) is 0 Å². The van der Waals surface area contributed by atoms with E-state index in [-0.39, 0.29) is 0 Å². The summed E-state index contributed by atoms with van der Waals surface area (Å²) in [6.07, 6.45) is 1.98. The normalized spacial score (nSPS) is 11.3. The molecule has 6 heavy (non-hydrogen) atoms. The van der Waals surface area contributed by atoms with E-state index in [0.29, 0.717) is 11.9 Å². The summed E-state index contributed by atoms with van der Waals surface area (Å²) in [6, 6.07) is 0. The monoisotopic (exact) mass is 86.1 g/mol. The Bertz CT molecular complexity index is 72.0. The summed E-state index contributed by atoms with van der Waals surface area (Å²) in [5.74, 6) is 0. The van der Waals surface area contributed by atoms with Gasteiger partial charge in [-0.25, -0.2) is 4.39 Å². The fraction of sp³-hybridized carbons (Fsp3) is 0.200. The van der Waals surface area contributed by atoms with Crippen molar-refractivity contribution < 1.29 is 4.39 Å². The van der Waals surface area contributed by atoms with Gasteiger partial charge in [-0.1, -0.05) is 12.7 Å². The average Bonchev–Trinajstić information content (AvgIpc) is 1.65. The summed E-state index contributed by atoms with van der Waals surface area (Å²) in [6.45, 7) is 4.97. The zero-order valence-electron chi connectivity index (χ0n) is 3.74. The first kappa shape index (κ1) is 5.41. The number of halogens is 1. The van der Waals surface area contributed by atoms with E-state index in [0.717, 1.165) is 0 Å². The number of hydrogen-bond acceptors (Lipinski definition) is 0. The van der Waals surface area contributed by atoms with Crippen LogP contribution in [0, 0.1) is 0 Å². The first-order chi connectivity index (χ1) is 2.81. The maximum atomic E-state index is 11.2. The molecule has 0 fully saturated rings. The smallest absolute Gasteiger partial charge is 0.0895 e. The van der Waals surface area contributed by atoms with Crippen molar-refractivity contribution in [2.75, 3.05) is 0 Å². The third-order valence-corrected chi connectivity index (χ3v) is 0.494. The highest BCUT2D eigenvalue weighted by Crippen LogP contribution is 1.89. The predicted octanol–water partition coefficient (Wildman–Crippen LogP) is 2.05. The molecule has 1 heteroatoms. The zero-order valence-corrected chi connectivity index (χ0v) is 3.74. The van der Waals surface area contributed by atoms with Crippen LogP contribution in [0.2, 0.25) is 0 Å². The lowest BCUT2D eigenvalue weighted by Gasteiger charge is -1.75. The van der Waals surface area contributed by atoms with E-state index in [2.05, 4.69) is 6.58 Å². The Labute approximate surface area is 37.0 Å². The minimum Gasteiger partial charge on any atom is -0.215 e. The summed E-state index contributed by atoms with van der Waals surface area (Å²) < 4.78 is 11.2. The van der Waals surface area contributed by atoms with Crippen LogP contribution in [0.4, 0.5) is 4.39 Å². The van der Waals surface area contributed by atoms with Crippen molar-refractivity contribution in [1.82, 2.24) is 0 Å². The van der Waals surface area contributed by atoms with Crippen molar-refractivity contribution in [3.63, 3.8) is 0 Å². The minimum absolute atomic E-state index is 0.521. The molecule has 0 rings (SSSR count). The second-order valence-electron chi connectivity index (χ2n) is 1.06. The van der Waals surface area contributed by atoms with E-state index in [1.54, 1.807) is 6.92 Å². The van der Waals surface area contributed by atoms with Gasteiger partial charge in [0.25, 0.3) is 0 Å². The highest BCUT2D eigenvalue weighted by atomic mass is 19.1. The largest absolute Gasteiger partial charge is 0.215 e. The van der Waals surface area contributed by atoms with Crippen molar-refractivity contribution in [2.24, 2.45) is 0 Å². The molecule has 0 spiro atoms. The molecule has 34 valence electrons. The second kappa shape index (κ2) is 2.64. The number of allylic oxidation sites excluding steroid dienone is 2. The molecule has 0 aliphatic heterocycles. The Kier molecular flexibility index (Phi) is 2.38. The van der Waals surface area contributed by atoms with Crippen LogP contribution in [-0.4, -0.2) is 0 Å². The van der Waals surface area contributed by atoms with Crippen LogP contribution < -0.4 is 0 Å². The molecule has 0 aliphatic carbocycles. The molecule has 0 atom stereocenters. The quantitative estimate of drug-likeness (QED) is 0.428. The zero-order chi connectivity index (χ0) is 4.99. The molecular formula is C5H7F. The number of rotatable bonds is 1. The van der Waals surface area contributed by atoms with Gasteiger partial charge in [-0.2, -0.15) is 0 Å². The molecule has 0 aromatic heterocycles. The van der Waals surface area contributed by atoms with Gasteiger partial charge in [0.1, 0.15) is 0 Å². The van der Waals surface area contributed by atoms with Gasteiger partial charge in [0.15, 0.2) is 0 Å². The molecule has 0 unspecified atom stereocenters. The van der Waals surface area contributed by atoms with Crippen molar-refractivity contribution in [3.05, 3.63) is 24.6 Å². The molecule has 0 nitrogen and oxygen atoms in total. The lowest BCUT2D eigenvalue weighted by atomic mass is 10.4. The van der Waals surface area contributed by atoms with Crippen molar-refractivity contribution >= 4 is 0 Å².